The van der Waals surface area contributed by atoms with Gasteiger partial charge in [-0.3, -0.25) is 4.79 Å². The van der Waals surface area contributed by atoms with E-state index in [2.05, 4.69) is 20.7 Å². The topological polar surface area (TPSA) is 70.7 Å². The zero-order valence-corrected chi connectivity index (χ0v) is 11.7. The molecule has 0 fully saturated rings. The average Bonchev–Trinajstić information content (AvgIpc) is 2.93. The highest BCUT2D eigenvalue weighted by atomic mass is 35.5. The number of aryl methyl sites for hydroxylation is 1. The largest absolute Gasteiger partial charge is 0.352 e. The molecule has 1 aliphatic rings. The number of hydrogen-bond acceptors (Lipinski definition) is 3. The summed E-state index contributed by atoms with van der Waals surface area (Å²) in [5, 5.41) is 14.4. The lowest BCUT2D eigenvalue weighted by Crippen LogP contribution is -2.33. The number of rotatable bonds is 3. The van der Waals surface area contributed by atoms with Crippen LogP contribution in [-0.4, -0.2) is 21.3 Å². The van der Waals surface area contributed by atoms with Gasteiger partial charge in [0, 0.05) is 23.9 Å². The van der Waals surface area contributed by atoms with Gasteiger partial charge in [0.25, 0.3) is 0 Å². The molecule has 1 heterocycles. The monoisotopic (exact) mass is 290 g/mol. The highest BCUT2D eigenvalue weighted by molar-refractivity contribution is 6.30. The third-order valence-electron chi connectivity index (χ3n) is 3.62. The molecule has 0 aliphatic heterocycles. The molecule has 1 unspecified atom stereocenters. The standard InChI is InChI=1S/C14H15ClN4O/c15-11-4-1-9(2-5-11)8-16-14(20)10-3-6-12-13(7-10)18-19-17-12/h1-2,4-5,10H,3,6-8H2,(H,16,20)(H,17,18,19). The fourth-order valence-corrected chi connectivity index (χ4v) is 2.57. The van der Waals surface area contributed by atoms with Gasteiger partial charge in [0.2, 0.25) is 5.91 Å². The molecule has 6 heteroatoms. The molecule has 0 bridgehead atoms. The number of carbonyl (C=O) groups excluding carboxylic acids is 1. The summed E-state index contributed by atoms with van der Waals surface area (Å²) in [6.07, 6.45) is 2.30. The Kier molecular flexibility index (Phi) is 3.69. The summed E-state index contributed by atoms with van der Waals surface area (Å²) in [7, 11) is 0. The summed E-state index contributed by atoms with van der Waals surface area (Å²) in [4.78, 5) is 12.2. The molecule has 0 saturated heterocycles. The molecule has 5 nitrogen and oxygen atoms in total. The normalized spacial score (nSPS) is 17.6. The molecule has 0 saturated carbocycles. The van der Waals surface area contributed by atoms with Crippen molar-refractivity contribution >= 4 is 17.5 Å². The van der Waals surface area contributed by atoms with Crippen LogP contribution >= 0.6 is 11.6 Å². The minimum atomic E-state index is -0.0140. The van der Waals surface area contributed by atoms with Crippen LogP contribution in [0.2, 0.25) is 5.02 Å². The van der Waals surface area contributed by atoms with Crippen molar-refractivity contribution in [3.05, 3.63) is 46.2 Å². The summed E-state index contributed by atoms with van der Waals surface area (Å²) in [5.41, 5.74) is 2.95. The number of fused-ring (bicyclic) bond motifs is 1. The third kappa shape index (κ3) is 2.82. The first kappa shape index (κ1) is 13.1. The molecule has 1 atom stereocenters. The molecule has 3 rings (SSSR count). The molecule has 1 aliphatic carbocycles. The van der Waals surface area contributed by atoms with E-state index in [0.717, 1.165) is 29.8 Å². The lowest BCUT2D eigenvalue weighted by Gasteiger charge is -2.19. The van der Waals surface area contributed by atoms with E-state index in [1.165, 1.54) is 0 Å². The van der Waals surface area contributed by atoms with E-state index in [-0.39, 0.29) is 11.8 Å². The fourth-order valence-electron chi connectivity index (χ4n) is 2.44. The van der Waals surface area contributed by atoms with Gasteiger partial charge in [0.1, 0.15) is 0 Å². The van der Waals surface area contributed by atoms with Crippen molar-refractivity contribution in [3.8, 4) is 0 Å². The van der Waals surface area contributed by atoms with E-state index >= 15 is 0 Å². The summed E-state index contributed by atoms with van der Waals surface area (Å²) >= 11 is 5.83. The molecular weight excluding hydrogens is 276 g/mol. The van der Waals surface area contributed by atoms with Crippen molar-refractivity contribution in [1.29, 1.82) is 0 Å². The number of aromatic nitrogens is 3. The molecule has 2 N–H and O–H groups in total. The van der Waals surface area contributed by atoms with Gasteiger partial charge in [-0.25, -0.2) is 0 Å². The van der Waals surface area contributed by atoms with Gasteiger partial charge in [0.05, 0.1) is 11.4 Å². The van der Waals surface area contributed by atoms with Crippen molar-refractivity contribution in [1.82, 2.24) is 20.7 Å². The van der Waals surface area contributed by atoms with Gasteiger partial charge in [-0.1, -0.05) is 23.7 Å². The maximum absolute atomic E-state index is 12.2. The number of carbonyl (C=O) groups is 1. The number of nitrogens with zero attached hydrogens (tertiary/aromatic N) is 2. The second-order valence-corrected chi connectivity index (χ2v) is 5.44. The Labute approximate surface area is 121 Å². The van der Waals surface area contributed by atoms with E-state index in [4.69, 9.17) is 11.6 Å². The summed E-state index contributed by atoms with van der Waals surface area (Å²) < 4.78 is 0. The molecule has 1 amide bonds. The fraction of sp³-hybridized carbons (Fsp3) is 0.357. The maximum atomic E-state index is 12.2. The first-order valence-electron chi connectivity index (χ1n) is 6.63. The van der Waals surface area contributed by atoms with Crippen LogP contribution in [0, 0.1) is 5.92 Å². The highest BCUT2D eigenvalue weighted by Crippen LogP contribution is 2.22. The Balaban J connectivity index is 1.56. The molecule has 1 aromatic carbocycles. The minimum Gasteiger partial charge on any atom is -0.352 e. The smallest absolute Gasteiger partial charge is 0.223 e. The summed E-state index contributed by atoms with van der Waals surface area (Å²) in [5.74, 6) is 0.0634. The number of benzene rings is 1. The summed E-state index contributed by atoms with van der Waals surface area (Å²) in [6.45, 7) is 0.526. The predicted octanol–water partition coefficient (Wildman–Crippen LogP) is 1.88. The molecule has 0 spiro atoms. The highest BCUT2D eigenvalue weighted by Gasteiger charge is 2.26. The Bertz CT molecular complexity index is 608. The van der Waals surface area contributed by atoms with Crippen LogP contribution in [0.3, 0.4) is 0 Å². The molecule has 104 valence electrons. The maximum Gasteiger partial charge on any atom is 0.223 e. The molecule has 2 aromatic rings. The van der Waals surface area contributed by atoms with E-state index < -0.39 is 0 Å². The Morgan fingerprint density at radius 3 is 2.85 bits per heavy atom. The second kappa shape index (κ2) is 5.63. The van der Waals surface area contributed by atoms with Gasteiger partial charge in [0.15, 0.2) is 0 Å². The van der Waals surface area contributed by atoms with Crippen molar-refractivity contribution in [2.45, 2.75) is 25.8 Å². The van der Waals surface area contributed by atoms with Crippen molar-refractivity contribution in [3.63, 3.8) is 0 Å². The van der Waals surface area contributed by atoms with Crippen molar-refractivity contribution in [2.24, 2.45) is 5.92 Å². The number of halogens is 1. The van der Waals surface area contributed by atoms with Gasteiger partial charge >= 0.3 is 0 Å². The Hall–Kier alpha value is -1.88. The van der Waals surface area contributed by atoms with Gasteiger partial charge in [-0.15, -0.1) is 0 Å². The van der Waals surface area contributed by atoms with E-state index in [0.29, 0.717) is 18.0 Å². The van der Waals surface area contributed by atoms with Gasteiger partial charge in [-0.05, 0) is 30.5 Å². The van der Waals surface area contributed by atoms with Crippen LogP contribution in [0.25, 0.3) is 0 Å². The first-order chi connectivity index (χ1) is 9.72. The SMILES string of the molecule is O=C(NCc1ccc(Cl)cc1)C1CCc2n[nH]nc2C1. The first-order valence-corrected chi connectivity index (χ1v) is 7.01. The van der Waals surface area contributed by atoms with Gasteiger partial charge in [-0.2, -0.15) is 15.4 Å². The molecule has 20 heavy (non-hydrogen) atoms. The molecule has 0 radical (unpaired) electrons. The van der Waals surface area contributed by atoms with Crippen LogP contribution in [0.4, 0.5) is 0 Å². The van der Waals surface area contributed by atoms with Crippen molar-refractivity contribution < 1.29 is 4.79 Å². The zero-order valence-electron chi connectivity index (χ0n) is 10.9. The zero-order chi connectivity index (χ0) is 13.9. The predicted molar refractivity (Wildman–Crippen MR) is 75.2 cm³/mol. The van der Waals surface area contributed by atoms with Crippen LogP contribution in [0.15, 0.2) is 24.3 Å². The second-order valence-electron chi connectivity index (χ2n) is 5.00. The van der Waals surface area contributed by atoms with E-state index in [9.17, 15) is 4.79 Å². The van der Waals surface area contributed by atoms with E-state index in [1.807, 2.05) is 24.3 Å². The minimum absolute atomic E-state index is 0.0140. The number of amides is 1. The molecule has 1 aromatic heterocycles. The Morgan fingerprint density at radius 2 is 2.05 bits per heavy atom. The lowest BCUT2D eigenvalue weighted by molar-refractivity contribution is -0.125. The third-order valence-corrected chi connectivity index (χ3v) is 3.88. The van der Waals surface area contributed by atoms with Crippen LogP contribution < -0.4 is 5.32 Å². The molecular formula is C14H15ClN4O. The Morgan fingerprint density at radius 1 is 1.30 bits per heavy atom. The van der Waals surface area contributed by atoms with Crippen molar-refractivity contribution in [2.75, 3.05) is 0 Å². The number of aromatic amines is 1. The lowest BCUT2D eigenvalue weighted by atomic mass is 9.89. The summed E-state index contributed by atoms with van der Waals surface area (Å²) in [6, 6.07) is 7.48. The van der Waals surface area contributed by atoms with Crippen LogP contribution in [-0.2, 0) is 24.2 Å². The quantitative estimate of drug-likeness (QED) is 0.907. The van der Waals surface area contributed by atoms with Gasteiger partial charge < -0.3 is 5.32 Å². The number of hydrogen-bond donors (Lipinski definition) is 2. The average molecular weight is 291 g/mol. The van der Waals surface area contributed by atoms with Crippen LogP contribution in [0.5, 0.6) is 0 Å². The number of H-pyrrole nitrogens is 1. The van der Waals surface area contributed by atoms with Crippen LogP contribution in [0.1, 0.15) is 23.4 Å². The number of nitrogens with one attached hydrogen (secondary N) is 2. The van der Waals surface area contributed by atoms with E-state index in [1.54, 1.807) is 0 Å².